The number of carbonyl (C=O) groups is 1. The van der Waals surface area contributed by atoms with Gasteiger partial charge in [-0.15, -0.1) is 0 Å². The number of unbranched alkanes of at least 4 members (excludes halogenated alkanes) is 4. The van der Waals surface area contributed by atoms with E-state index in [4.69, 9.17) is 4.74 Å². The van der Waals surface area contributed by atoms with Crippen LogP contribution in [0.15, 0.2) is 18.2 Å². The first-order valence-electron chi connectivity index (χ1n) is 7.13. The lowest BCUT2D eigenvalue weighted by molar-refractivity contribution is 0.0595. The molecule has 1 aromatic carbocycles. The standard InChI is InChI=1S/C16H23FO3/c1-3-4-5-6-7-10-20-12-13-8-9-14(15(17)11-13)16(18)19-2/h8-9,11H,3-7,10,12H2,1-2H3. The molecule has 112 valence electrons. The predicted octanol–water partition coefficient (Wildman–Crippen LogP) is 4.10. The smallest absolute Gasteiger partial charge is 0.340 e. The molecule has 1 rings (SSSR count). The quantitative estimate of drug-likeness (QED) is 0.505. The number of carbonyl (C=O) groups excluding carboxylic acids is 1. The van der Waals surface area contributed by atoms with Crippen molar-refractivity contribution >= 4 is 5.97 Å². The maximum Gasteiger partial charge on any atom is 0.340 e. The molecule has 0 fully saturated rings. The molecule has 0 N–H and O–H groups in total. The molecule has 0 amide bonds. The van der Waals surface area contributed by atoms with Crippen LogP contribution in [-0.2, 0) is 16.1 Å². The first-order chi connectivity index (χ1) is 9.69. The van der Waals surface area contributed by atoms with Gasteiger partial charge in [0, 0.05) is 6.61 Å². The SMILES string of the molecule is CCCCCCCOCc1ccc(C(=O)OC)c(F)c1. The monoisotopic (exact) mass is 282 g/mol. The minimum atomic E-state index is -0.661. The third-order valence-electron chi connectivity index (χ3n) is 3.10. The van der Waals surface area contributed by atoms with E-state index >= 15 is 0 Å². The molecule has 0 unspecified atom stereocenters. The van der Waals surface area contributed by atoms with Gasteiger partial charge in [0.05, 0.1) is 19.3 Å². The minimum Gasteiger partial charge on any atom is -0.465 e. The van der Waals surface area contributed by atoms with Crippen molar-refractivity contribution in [1.29, 1.82) is 0 Å². The molecule has 0 atom stereocenters. The van der Waals surface area contributed by atoms with Gasteiger partial charge in [0.15, 0.2) is 0 Å². The van der Waals surface area contributed by atoms with E-state index in [1.165, 1.54) is 44.9 Å². The van der Waals surface area contributed by atoms with E-state index in [1.807, 2.05) is 0 Å². The second kappa shape index (κ2) is 9.48. The summed E-state index contributed by atoms with van der Waals surface area (Å²) in [5, 5.41) is 0. The molecule has 0 saturated carbocycles. The van der Waals surface area contributed by atoms with Gasteiger partial charge in [-0.3, -0.25) is 0 Å². The van der Waals surface area contributed by atoms with E-state index in [0.717, 1.165) is 12.0 Å². The zero-order valence-electron chi connectivity index (χ0n) is 12.3. The van der Waals surface area contributed by atoms with Crippen molar-refractivity contribution in [3.05, 3.63) is 35.1 Å². The molecular weight excluding hydrogens is 259 g/mol. The molecule has 3 nitrogen and oxygen atoms in total. The fraction of sp³-hybridized carbons (Fsp3) is 0.562. The molecule has 0 aliphatic heterocycles. The lowest BCUT2D eigenvalue weighted by Crippen LogP contribution is -2.05. The molecule has 0 aromatic heterocycles. The first-order valence-corrected chi connectivity index (χ1v) is 7.13. The normalized spacial score (nSPS) is 10.6. The number of halogens is 1. The summed E-state index contributed by atoms with van der Waals surface area (Å²) >= 11 is 0. The second-order valence-corrected chi connectivity index (χ2v) is 4.77. The molecule has 0 heterocycles. The van der Waals surface area contributed by atoms with Crippen LogP contribution in [0.3, 0.4) is 0 Å². The molecular formula is C16H23FO3. The predicted molar refractivity (Wildman–Crippen MR) is 76.2 cm³/mol. The third kappa shape index (κ3) is 5.70. The Bertz CT molecular complexity index is 418. The number of benzene rings is 1. The molecule has 1 aromatic rings. The number of hydrogen-bond donors (Lipinski definition) is 0. The van der Waals surface area contributed by atoms with Crippen molar-refractivity contribution in [2.75, 3.05) is 13.7 Å². The van der Waals surface area contributed by atoms with Gasteiger partial charge in [0.2, 0.25) is 0 Å². The fourth-order valence-electron chi connectivity index (χ4n) is 1.92. The maximum absolute atomic E-state index is 13.6. The van der Waals surface area contributed by atoms with Gasteiger partial charge in [0.25, 0.3) is 0 Å². The zero-order valence-corrected chi connectivity index (χ0v) is 12.3. The Hall–Kier alpha value is -1.42. The Morgan fingerprint density at radius 2 is 1.95 bits per heavy atom. The summed E-state index contributed by atoms with van der Waals surface area (Å²) in [6.45, 7) is 3.24. The number of esters is 1. The summed E-state index contributed by atoms with van der Waals surface area (Å²) in [7, 11) is 1.23. The molecule has 0 spiro atoms. The summed E-state index contributed by atoms with van der Waals surface area (Å²) in [4.78, 5) is 11.2. The Balaban J connectivity index is 2.31. The number of rotatable bonds is 9. The highest BCUT2D eigenvalue weighted by molar-refractivity contribution is 5.89. The molecule has 0 aliphatic rings. The topological polar surface area (TPSA) is 35.5 Å². The first kappa shape index (κ1) is 16.6. The largest absolute Gasteiger partial charge is 0.465 e. The molecule has 0 saturated heterocycles. The number of hydrogen-bond acceptors (Lipinski definition) is 3. The lowest BCUT2D eigenvalue weighted by Gasteiger charge is -2.06. The Morgan fingerprint density at radius 1 is 1.20 bits per heavy atom. The van der Waals surface area contributed by atoms with E-state index in [0.29, 0.717) is 13.2 Å². The third-order valence-corrected chi connectivity index (χ3v) is 3.10. The van der Waals surface area contributed by atoms with Crippen LogP contribution in [0.1, 0.15) is 54.9 Å². The molecule has 0 aliphatic carbocycles. The van der Waals surface area contributed by atoms with Crippen molar-refractivity contribution in [1.82, 2.24) is 0 Å². The van der Waals surface area contributed by atoms with Crippen LogP contribution in [0.25, 0.3) is 0 Å². The van der Waals surface area contributed by atoms with Crippen LogP contribution >= 0.6 is 0 Å². The van der Waals surface area contributed by atoms with Crippen LogP contribution in [0.5, 0.6) is 0 Å². The van der Waals surface area contributed by atoms with Gasteiger partial charge in [-0.05, 0) is 24.1 Å². The Labute approximate surface area is 120 Å². The van der Waals surface area contributed by atoms with Crippen LogP contribution < -0.4 is 0 Å². The summed E-state index contributed by atoms with van der Waals surface area (Å²) in [6.07, 6.45) is 5.93. The van der Waals surface area contributed by atoms with Crippen LogP contribution in [0, 0.1) is 5.82 Å². The highest BCUT2D eigenvalue weighted by Gasteiger charge is 2.12. The van der Waals surface area contributed by atoms with Gasteiger partial charge in [-0.1, -0.05) is 38.7 Å². The Kier molecular flexibility index (Phi) is 7.88. The van der Waals surface area contributed by atoms with Crippen LogP contribution in [0.2, 0.25) is 0 Å². The lowest BCUT2D eigenvalue weighted by atomic mass is 10.1. The summed E-state index contributed by atoms with van der Waals surface area (Å²) in [5.74, 6) is -1.23. The summed E-state index contributed by atoms with van der Waals surface area (Å²) in [6, 6.07) is 4.44. The van der Waals surface area contributed by atoms with Gasteiger partial charge in [0.1, 0.15) is 5.82 Å². The van der Waals surface area contributed by atoms with Crippen LogP contribution in [0.4, 0.5) is 4.39 Å². The average molecular weight is 282 g/mol. The molecule has 0 radical (unpaired) electrons. The highest BCUT2D eigenvalue weighted by Crippen LogP contribution is 2.13. The average Bonchev–Trinajstić information content (AvgIpc) is 2.45. The van der Waals surface area contributed by atoms with Crippen molar-refractivity contribution in [2.45, 2.75) is 45.6 Å². The van der Waals surface area contributed by atoms with Crippen molar-refractivity contribution in [3.8, 4) is 0 Å². The van der Waals surface area contributed by atoms with E-state index in [2.05, 4.69) is 11.7 Å². The molecule has 0 bridgehead atoms. The summed E-state index contributed by atoms with van der Waals surface area (Å²) < 4.78 is 23.6. The highest BCUT2D eigenvalue weighted by atomic mass is 19.1. The van der Waals surface area contributed by atoms with Gasteiger partial charge < -0.3 is 9.47 Å². The molecule has 4 heteroatoms. The van der Waals surface area contributed by atoms with Crippen LogP contribution in [-0.4, -0.2) is 19.7 Å². The maximum atomic E-state index is 13.6. The van der Waals surface area contributed by atoms with Crippen molar-refractivity contribution in [2.24, 2.45) is 0 Å². The summed E-state index contributed by atoms with van der Waals surface area (Å²) in [5.41, 5.74) is 0.680. The van der Waals surface area contributed by atoms with Gasteiger partial charge in [-0.2, -0.15) is 0 Å². The van der Waals surface area contributed by atoms with Crippen molar-refractivity contribution in [3.63, 3.8) is 0 Å². The van der Waals surface area contributed by atoms with Gasteiger partial charge >= 0.3 is 5.97 Å². The number of methoxy groups -OCH3 is 1. The van der Waals surface area contributed by atoms with Gasteiger partial charge in [-0.25, -0.2) is 9.18 Å². The van der Waals surface area contributed by atoms with E-state index < -0.39 is 11.8 Å². The Morgan fingerprint density at radius 3 is 2.60 bits per heavy atom. The second-order valence-electron chi connectivity index (χ2n) is 4.77. The zero-order chi connectivity index (χ0) is 14.8. The molecule has 20 heavy (non-hydrogen) atoms. The van der Waals surface area contributed by atoms with Crippen molar-refractivity contribution < 1.29 is 18.7 Å². The van der Waals surface area contributed by atoms with E-state index in [1.54, 1.807) is 6.07 Å². The number of ether oxygens (including phenoxy) is 2. The van der Waals surface area contributed by atoms with E-state index in [-0.39, 0.29) is 5.56 Å². The minimum absolute atomic E-state index is 0.0455. The van der Waals surface area contributed by atoms with E-state index in [9.17, 15) is 9.18 Å². The fourth-order valence-corrected chi connectivity index (χ4v) is 1.92.